The topological polar surface area (TPSA) is 37.3 Å². The number of halogens is 4. The summed E-state index contributed by atoms with van der Waals surface area (Å²) in [6, 6.07) is 7.24. The average molecular weight is 364 g/mol. The Kier molecular flexibility index (Phi) is 4.13. The highest BCUT2D eigenvalue weighted by atomic mass is 79.9. The van der Waals surface area contributed by atoms with Crippen LogP contribution in [-0.4, -0.2) is 11.1 Å². The van der Waals surface area contributed by atoms with Crippen molar-refractivity contribution < 1.29 is 14.3 Å². The van der Waals surface area contributed by atoms with E-state index in [4.69, 9.17) is 28.3 Å². The molecule has 0 heterocycles. The van der Waals surface area contributed by atoms with E-state index >= 15 is 0 Å². The molecule has 0 saturated heterocycles. The van der Waals surface area contributed by atoms with Crippen LogP contribution in [0.1, 0.15) is 10.4 Å². The van der Waals surface area contributed by atoms with E-state index in [0.717, 1.165) is 0 Å². The van der Waals surface area contributed by atoms with Crippen molar-refractivity contribution in [2.75, 3.05) is 0 Å². The summed E-state index contributed by atoms with van der Waals surface area (Å²) in [6.07, 6.45) is 0. The maximum absolute atomic E-state index is 14.1. The van der Waals surface area contributed by atoms with Crippen LogP contribution in [-0.2, 0) is 0 Å². The molecule has 2 aromatic carbocycles. The van der Waals surface area contributed by atoms with Crippen molar-refractivity contribution in [3.05, 3.63) is 56.2 Å². The van der Waals surface area contributed by atoms with Gasteiger partial charge in [0.1, 0.15) is 0 Å². The maximum atomic E-state index is 14.1. The Labute approximate surface area is 126 Å². The molecule has 2 aromatic rings. The van der Waals surface area contributed by atoms with E-state index in [1.165, 1.54) is 24.3 Å². The highest BCUT2D eigenvalue weighted by molar-refractivity contribution is 9.10. The minimum atomic E-state index is -1.18. The summed E-state index contributed by atoms with van der Waals surface area (Å²) in [7, 11) is 0. The van der Waals surface area contributed by atoms with Gasteiger partial charge in [0.2, 0.25) is 0 Å². The van der Waals surface area contributed by atoms with E-state index in [1.54, 1.807) is 6.07 Å². The quantitative estimate of drug-likeness (QED) is 0.739. The molecule has 1 N–H and O–H groups in total. The summed E-state index contributed by atoms with van der Waals surface area (Å²) >= 11 is 14.7. The molecule has 98 valence electrons. The molecule has 19 heavy (non-hydrogen) atoms. The van der Waals surface area contributed by atoms with Crippen molar-refractivity contribution in [1.82, 2.24) is 0 Å². The summed E-state index contributed by atoms with van der Waals surface area (Å²) < 4.78 is 14.5. The predicted molar refractivity (Wildman–Crippen MR) is 76.5 cm³/mol. The van der Waals surface area contributed by atoms with Crippen LogP contribution in [0.2, 0.25) is 10.0 Å². The molecule has 0 bridgehead atoms. The molecule has 2 nitrogen and oxygen atoms in total. The van der Waals surface area contributed by atoms with Gasteiger partial charge < -0.3 is 5.11 Å². The Hall–Kier alpha value is -1.10. The number of aromatic carboxylic acids is 1. The molecule has 0 aliphatic rings. The molecular weight excluding hydrogens is 358 g/mol. The van der Waals surface area contributed by atoms with Gasteiger partial charge in [-0.05, 0) is 39.7 Å². The fourth-order valence-electron chi connectivity index (χ4n) is 1.66. The third kappa shape index (κ3) is 2.76. The first-order chi connectivity index (χ1) is 8.91. The minimum absolute atomic E-state index is 0.0789. The summed E-state index contributed by atoms with van der Waals surface area (Å²) in [5.41, 5.74) is 0.260. The largest absolute Gasteiger partial charge is 0.478 e. The van der Waals surface area contributed by atoms with Gasteiger partial charge in [-0.25, -0.2) is 9.18 Å². The molecule has 0 unspecified atom stereocenters. The van der Waals surface area contributed by atoms with Crippen LogP contribution in [0.5, 0.6) is 0 Å². The highest BCUT2D eigenvalue weighted by Crippen LogP contribution is 2.35. The zero-order chi connectivity index (χ0) is 14.2. The Morgan fingerprint density at radius 2 is 1.79 bits per heavy atom. The van der Waals surface area contributed by atoms with Gasteiger partial charge in [-0.3, -0.25) is 0 Å². The first kappa shape index (κ1) is 14.3. The summed E-state index contributed by atoms with van der Waals surface area (Å²) in [6.45, 7) is 0. The molecule has 2 rings (SSSR count). The third-order valence-corrected chi connectivity index (χ3v) is 4.03. The maximum Gasteiger partial charge on any atom is 0.336 e. The molecule has 0 saturated carbocycles. The second-order valence-corrected chi connectivity index (χ2v) is 5.39. The summed E-state index contributed by atoms with van der Waals surface area (Å²) in [5, 5.41) is 9.32. The van der Waals surface area contributed by atoms with E-state index in [9.17, 15) is 9.18 Å². The van der Waals surface area contributed by atoms with E-state index in [-0.39, 0.29) is 26.7 Å². The number of carbonyl (C=O) groups is 1. The lowest BCUT2D eigenvalue weighted by Crippen LogP contribution is -2.00. The monoisotopic (exact) mass is 362 g/mol. The van der Waals surface area contributed by atoms with Crippen molar-refractivity contribution in [2.24, 2.45) is 0 Å². The first-order valence-electron chi connectivity index (χ1n) is 5.08. The molecule has 0 radical (unpaired) electrons. The van der Waals surface area contributed by atoms with Crippen molar-refractivity contribution in [1.29, 1.82) is 0 Å². The molecule has 0 aliphatic heterocycles. The average Bonchev–Trinajstić information content (AvgIpc) is 2.37. The smallest absolute Gasteiger partial charge is 0.336 e. The van der Waals surface area contributed by atoms with Crippen LogP contribution in [0.15, 0.2) is 34.8 Å². The Morgan fingerprint density at radius 1 is 1.16 bits per heavy atom. The van der Waals surface area contributed by atoms with Crippen LogP contribution in [0.25, 0.3) is 11.1 Å². The van der Waals surface area contributed by atoms with Gasteiger partial charge in [-0.2, -0.15) is 0 Å². The molecule has 0 aromatic heterocycles. The van der Waals surface area contributed by atoms with E-state index in [2.05, 4.69) is 15.9 Å². The van der Waals surface area contributed by atoms with Crippen LogP contribution in [0.4, 0.5) is 4.39 Å². The van der Waals surface area contributed by atoms with Crippen molar-refractivity contribution in [3.63, 3.8) is 0 Å². The van der Waals surface area contributed by atoms with Crippen LogP contribution >= 0.6 is 39.1 Å². The minimum Gasteiger partial charge on any atom is -0.478 e. The van der Waals surface area contributed by atoms with Gasteiger partial charge in [0.05, 0.1) is 10.6 Å². The molecule has 6 heteroatoms. The number of hydrogen-bond acceptors (Lipinski definition) is 1. The predicted octanol–water partition coefficient (Wildman–Crippen LogP) is 5.26. The molecule has 0 spiro atoms. The van der Waals surface area contributed by atoms with Crippen LogP contribution < -0.4 is 0 Å². The van der Waals surface area contributed by atoms with Crippen molar-refractivity contribution in [3.8, 4) is 11.1 Å². The lowest BCUT2D eigenvalue weighted by atomic mass is 9.99. The SMILES string of the molecule is O=C(O)c1cc(Cl)ccc1-c1ccc(Br)c(Cl)c1F. The van der Waals surface area contributed by atoms with Gasteiger partial charge in [0, 0.05) is 15.1 Å². The zero-order valence-corrected chi connectivity index (χ0v) is 12.4. The highest BCUT2D eigenvalue weighted by Gasteiger charge is 2.18. The van der Waals surface area contributed by atoms with Gasteiger partial charge in [0.25, 0.3) is 0 Å². The lowest BCUT2D eigenvalue weighted by molar-refractivity contribution is 0.0697. The van der Waals surface area contributed by atoms with Gasteiger partial charge in [-0.1, -0.05) is 35.3 Å². The lowest BCUT2D eigenvalue weighted by Gasteiger charge is -2.10. The second-order valence-electron chi connectivity index (χ2n) is 3.72. The number of hydrogen-bond donors (Lipinski definition) is 1. The van der Waals surface area contributed by atoms with Gasteiger partial charge >= 0.3 is 5.97 Å². The number of carboxylic acid groups (broad SMARTS) is 1. The van der Waals surface area contributed by atoms with Gasteiger partial charge in [0.15, 0.2) is 5.82 Å². The molecular formula is C13H6BrCl2FO2. The van der Waals surface area contributed by atoms with E-state index in [0.29, 0.717) is 4.47 Å². The summed E-state index contributed by atoms with van der Waals surface area (Å²) in [4.78, 5) is 11.2. The van der Waals surface area contributed by atoms with Gasteiger partial charge in [-0.15, -0.1) is 0 Å². The Morgan fingerprint density at radius 3 is 2.42 bits per heavy atom. The van der Waals surface area contributed by atoms with E-state index < -0.39 is 11.8 Å². The number of carboxylic acids is 1. The van der Waals surface area contributed by atoms with Crippen LogP contribution in [0, 0.1) is 5.82 Å². The Bertz CT molecular complexity index is 674. The van der Waals surface area contributed by atoms with Crippen molar-refractivity contribution in [2.45, 2.75) is 0 Å². The number of rotatable bonds is 2. The zero-order valence-electron chi connectivity index (χ0n) is 9.25. The summed E-state index contributed by atoms with van der Waals surface area (Å²) in [5.74, 6) is -1.86. The third-order valence-electron chi connectivity index (χ3n) is 2.54. The van der Waals surface area contributed by atoms with Crippen molar-refractivity contribution >= 4 is 45.1 Å². The Balaban J connectivity index is 2.72. The van der Waals surface area contributed by atoms with Crippen LogP contribution in [0.3, 0.4) is 0 Å². The second kappa shape index (κ2) is 5.49. The standard InChI is InChI=1S/C13H6BrCl2FO2/c14-10-4-3-8(12(17)11(10)16)7-2-1-6(15)5-9(7)13(18)19/h1-5H,(H,18,19). The number of benzene rings is 2. The first-order valence-corrected chi connectivity index (χ1v) is 6.63. The molecule has 0 aliphatic carbocycles. The molecule has 0 atom stereocenters. The molecule has 0 fully saturated rings. The normalized spacial score (nSPS) is 10.5. The fraction of sp³-hybridized carbons (Fsp3) is 0. The molecule has 0 amide bonds. The van der Waals surface area contributed by atoms with E-state index in [1.807, 2.05) is 0 Å². The fourth-order valence-corrected chi connectivity index (χ4v) is 2.31.